The maximum absolute atomic E-state index is 9.31. The van der Waals surface area contributed by atoms with Gasteiger partial charge in [-0.3, -0.25) is 4.99 Å². The van der Waals surface area contributed by atoms with Gasteiger partial charge in [-0.2, -0.15) is 0 Å². The van der Waals surface area contributed by atoms with E-state index in [0.29, 0.717) is 5.92 Å². The van der Waals surface area contributed by atoms with Crippen molar-refractivity contribution >= 4 is 5.96 Å². The Hall–Kier alpha value is -1.59. The van der Waals surface area contributed by atoms with Gasteiger partial charge in [-0.15, -0.1) is 0 Å². The minimum Gasteiger partial charge on any atom is -0.396 e. The highest BCUT2D eigenvalue weighted by molar-refractivity contribution is 5.79. The number of benzene rings is 1. The van der Waals surface area contributed by atoms with Crippen molar-refractivity contribution in [2.75, 3.05) is 39.5 Å². The molecule has 0 saturated carbocycles. The van der Waals surface area contributed by atoms with E-state index in [1.165, 1.54) is 11.1 Å². The SMILES string of the molecule is CCCC(CCO)CNC(=NCC1(c2ccccc2C)CCOCC1)NCC. The van der Waals surface area contributed by atoms with Crippen LogP contribution < -0.4 is 10.6 Å². The molecule has 1 aromatic rings. The molecule has 1 saturated heterocycles. The zero-order chi connectivity index (χ0) is 20.2. The normalized spacial score (nSPS) is 17.9. The third-order valence-electron chi connectivity index (χ3n) is 5.84. The molecule has 1 aromatic carbocycles. The first-order chi connectivity index (χ1) is 13.6. The molecule has 5 heteroatoms. The summed E-state index contributed by atoms with van der Waals surface area (Å²) in [6, 6.07) is 8.70. The van der Waals surface area contributed by atoms with Crippen molar-refractivity contribution in [1.82, 2.24) is 10.6 Å². The zero-order valence-corrected chi connectivity index (χ0v) is 18.0. The molecule has 1 heterocycles. The van der Waals surface area contributed by atoms with Crippen LogP contribution in [0, 0.1) is 12.8 Å². The summed E-state index contributed by atoms with van der Waals surface area (Å²) < 4.78 is 5.67. The van der Waals surface area contributed by atoms with Gasteiger partial charge in [-0.1, -0.05) is 37.6 Å². The Morgan fingerprint density at radius 1 is 1.18 bits per heavy atom. The van der Waals surface area contributed by atoms with E-state index in [0.717, 1.165) is 70.9 Å². The van der Waals surface area contributed by atoms with Gasteiger partial charge < -0.3 is 20.5 Å². The predicted molar refractivity (Wildman–Crippen MR) is 117 cm³/mol. The molecule has 2 rings (SSSR count). The van der Waals surface area contributed by atoms with Crippen LogP contribution in [0.3, 0.4) is 0 Å². The van der Waals surface area contributed by atoms with Gasteiger partial charge in [-0.05, 0) is 56.6 Å². The maximum Gasteiger partial charge on any atom is 0.191 e. The number of rotatable bonds is 10. The van der Waals surface area contributed by atoms with Crippen LogP contribution in [0.2, 0.25) is 0 Å². The second-order valence-electron chi connectivity index (χ2n) is 7.95. The van der Waals surface area contributed by atoms with Crippen LogP contribution in [0.15, 0.2) is 29.3 Å². The van der Waals surface area contributed by atoms with Gasteiger partial charge in [0.05, 0.1) is 6.54 Å². The Morgan fingerprint density at radius 2 is 1.93 bits per heavy atom. The van der Waals surface area contributed by atoms with Gasteiger partial charge in [0.2, 0.25) is 0 Å². The van der Waals surface area contributed by atoms with Crippen LogP contribution in [0.25, 0.3) is 0 Å². The Morgan fingerprint density at radius 3 is 2.57 bits per heavy atom. The van der Waals surface area contributed by atoms with Crippen LogP contribution in [0.1, 0.15) is 57.1 Å². The van der Waals surface area contributed by atoms with E-state index in [9.17, 15) is 5.11 Å². The van der Waals surface area contributed by atoms with Crippen LogP contribution in [0.5, 0.6) is 0 Å². The average Bonchev–Trinajstić information content (AvgIpc) is 2.71. The quantitative estimate of drug-likeness (QED) is 0.424. The minimum atomic E-state index is 0.0415. The molecule has 1 aliphatic rings. The van der Waals surface area contributed by atoms with Crippen LogP contribution in [-0.2, 0) is 10.2 Å². The lowest BCUT2D eigenvalue weighted by Gasteiger charge is -2.37. The number of nitrogens with zero attached hydrogens (tertiary/aromatic N) is 1. The minimum absolute atomic E-state index is 0.0415. The summed E-state index contributed by atoms with van der Waals surface area (Å²) in [6.45, 7) is 10.8. The molecule has 0 aliphatic carbocycles. The van der Waals surface area contributed by atoms with E-state index in [2.05, 4.69) is 55.7 Å². The molecule has 3 N–H and O–H groups in total. The number of hydrogen-bond donors (Lipinski definition) is 3. The topological polar surface area (TPSA) is 65.9 Å². The first kappa shape index (κ1) is 22.7. The van der Waals surface area contributed by atoms with Gasteiger partial charge in [0.1, 0.15) is 0 Å². The summed E-state index contributed by atoms with van der Waals surface area (Å²) in [7, 11) is 0. The van der Waals surface area contributed by atoms with E-state index in [1.807, 2.05) is 0 Å². The number of aryl methyl sites for hydroxylation is 1. The molecule has 0 amide bonds. The van der Waals surface area contributed by atoms with Gasteiger partial charge in [0.25, 0.3) is 0 Å². The Labute approximate surface area is 171 Å². The number of aliphatic hydroxyl groups excluding tert-OH is 1. The molecule has 0 aromatic heterocycles. The first-order valence-corrected chi connectivity index (χ1v) is 10.9. The van der Waals surface area contributed by atoms with Crippen LogP contribution in [0.4, 0.5) is 0 Å². The average molecular weight is 390 g/mol. The third-order valence-corrected chi connectivity index (χ3v) is 5.84. The van der Waals surface area contributed by atoms with Gasteiger partial charge in [0, 0.05) is 38.3 Å². The summed E-state index contributed by atoms with van der Waals surface area (Å²) in [5, 5.41) is 16.2. The Bertz CT molecular complexity index is 591. The fraction of sp³-hybridized carbons (Fsp3) is 0.696. The van der Waals surface area contributed by atoms with Crippen molar-refractivity contribution in [2.45, 2.75) is 58.3 Å². The highest BCUT2D eigenvalue weighted by Crippen LogP contribution is 2.37. The Balaban J connectivity index is 2.14. The van der Waals surface area contributed by atoms with Crippen molar-refractivity contribution in [3.05, 3.63) is 35.4 Å². The number of hydrogen-bond acceptors (Lipinski definition) is 3. The molecule has 0 spiro atoms. The number of nitrogens with one attached hydrogen (secondary N) is 2. The molecular weight excluding hydrogens is 350 g/mol. The highest BCUT2D eigenvalue weighted by Gasteiger charge is 2.35. The molecule has 1 unspecified atom stereocenters. The fourth-order valence-electron chi connectivity index (χ4n) is 4.20. The van der Waals surface area contributed by atoms with Crippen molar-refractivity contribution in [1.29, 1.82) is 0 Å². The Kier molecular flexibility index (Phi) is 9.79. The van der Waals surface area contributed by atoms with Gasteiger partial charge in [-0.25, -0.2) is 0 Å². The van der Waals surface area contributed by atoms with Crippen molar-refractivity contribution in [3.8, 4) is 0 Å². The molecule has 1 atom stereocenters. The maximum atomic E-state index is 9.31. The van der Waals surface area contributed by atoms with E-state index in [-0.39, 0.29) is 12.0 Å². The zero-order valence-electron chi connectivity index (χ0n) is 18.0. The fourth-order valence-corrected chi connectivity index (χ4v) is 4.20. The summed E-state index contributed by atoms with van der Waals surface area (Å²) in [4.78, 5) is 5.00. The lowest BCUT2D eigenvalue weighted by Crippen LogP contribution is -2.42. The summed E-state index contributed by atoms with van der Waals surface area (Å²) in [5.41, 5.74) is 2.78. The van der Waals surface area contributed by atoms with E-state index < -0.39 is 0 Å². The monoisotopic (exact) mass is 389 g/mol. The van der Waals surface area contributed by atoms with E-state index in [1.54, 1.807) is 0 Å². The summed E-state index contributed by atoms with van der Waals surface area (Å²) in [5.74, 6) is 1.35. The molecular formula is C23H39N3O2. The van der Waals surface area contributed by atoms with Crippen molar-refractivity contribution in [3.63, 3.8) is 0 Å². The number of aliphatic hydroxyl groups is 1. The molecule has 1 aliphatic heterocycles. The molecule has 5 nitrogen and oxygen atoms in total. The molecule has 1 fully saturated rings. The summed E-state index contributed by atoms with van der Waals surface area (Å²) in [6.07, 6.45) is 5.10. The summed E-state index contributed by atoms with van der Waals surface area (Å²) >= 11 is 0. The smallest absolute Gasteiger partial charge is 0.191 e. The van der Waals surface area contributed by atoms with Gasteiger partial charge in [0.15, 0.2) is 5.96 Å². The number of guanidine groups is 1. The van der Waals surface area contributed by atoms with E-state index in [4.69, 9.17) is 9.73 Å². The lowest BCUT2D eigenvalue weighted by atomic mass is 9.72. The molecule has 0 bridgehead atoms. The first-order valence-electron chi connectivity index (χ1n) is 10.9. The molecule has 0 radical (unpaired) electrons. The third kappa shape index (κ3) is 6.49. The van der Waals surface area contributed by atoms with Crippen molar-refractivity contribution in [2.24, 2.45) is 10.9 Å². The predicted octanol–water partition coefficient (Wildman–Crippen LogP) is 3.40. The van der Waals surface area contributed by atoms with Gasteiger partial charge >= 0.3 is 0 Å². The van der Waals surface area contributed by atoms with E-state index >= 15 is 0 Å². The van der Waals surface area contributed by atoms with Crippen molar-refractivity contribution < 1.29 is 9.84 Å². The molecule has 28 heavy (non-hydrogen) atoms. The number of aliphatic imine (C=N–C) groups is 1. The van der Waals surface area contributed by atoms with Crippen LogP contribution in [-0.4, -0.2) is 50.5 Å². The number of ether oxygens (including phenoxy) is 1. The second-order valence-corrected chi connectivity index (χ2v) is 7.95. The molecule has 158 valence electrons. The standard InChI is InChI=1S/C23H39N3O2/c1-4-8-20(11-14-27)17-25-22(24-5-2)26-18-23(12-15-28-16-13-23)21-10-7-6-9-19(21)3/h6-7,9-10,20,27H,4-5,8,11-18H2,1-3H3,(H2,24,25,26). The largest absolute Gasteiger partial charge is 0.396 e. The second kappa shape index (κ2) is 12.1. The van der Waals surface area contributed by atoms with Crippen LogP contribution >= 0.6 is 0 Å². The highest BCUT2D eigenvalue weighted by atomic mass is 16.5. The lowest BCUT2D eigenvalue weighted by molar-refractivity contribution is 0.0529.